The maximum absolute atomic E-state index is 11.5. The number of carbonyl (C=O) groups excluding carboxylic acids is 1. The Bertz CT molecular complexity index is 119. The van der Waals surface area contributed by atoms with E-state index in [9.17, 15) is 18.7 Å². The summed E-state index contributed by atoms with van der Waals surface area (Å²) < 4.78 is 23.0. The van der Waals surface area contributed by atoms with Crippen molar-refractivity contribution in [1.29, 1.82) is 0 Å². The number of rotatable bonds is 2. The highest BCUT2D eigenvalue weighted by molar-refractivity contribution is 5.75. The van der Waals surface area contributed by atoms with Crippen LogP contribution in [0.4, 0.5) is 8.78 Å². The van der Waals surface area contributed by atoms with Gasteiger partial charge in [0, 0.05) is 0 Å². The molecule has 0 aliphatic carbocycles. The topological polar surface area (TPSA) is 40.1 Å². The van der Waals surface area contributed by atoms with Gasteiger partial charge in [0.05, 0.1) is 0 Å². The molecular formula is C4H3F2O2-. The fraction of sp³-hybridized carbons (Fsp3) is 0.250. The van der Waals surface area contributed by atoms with E-state index in [1.54, 1.807) is 0 Å². The first kappa shape index (κ1) is 7.07. The average molecular weight is 121 g/mol. The van der Waals surface area contributed by atoms with Crippen molar-refractivity contribution in [2.75, 3.05) is 0 Å². The van der Waals surface area contributed by atoms with Gasteiger partial charge < -0.3 is 9.90 Å². The highest BCUT2D eigenvalue weighted by atomic mass is 19.3. The summed E-state index contributed by atoms with van der Waals surface area (Å²) in [6, 6.07) is 0. The molecule has 0 heterocycles. The zero-order chi connectivity index (χ0) is 6.78. The van der Waals surface area contributed by atoms with Crippen LogP contribution in [0.3, 0.4) is 0 Å². The van der Waals surface area contributed by atoms with Gasteiger partial charge in [-0.25, -0.2) is 0 Å². The third-order valence-corrected chi connectivity index (χ3v) is 0.529. The van der Waals surface area contributed by atoms with E-state index >= 15 is 0 Å². The second-order valence-electron chi connectivity index (χ2n) is 1.11. The fourth-order valence-electron chi connectivity index (χ4n) is 0.0833. The van der Waals surface area contributed by atoms with Crippen molar-refractivity contribution in [2.24, 2.45) is 0 Å². The van der Waals surface area contributed by atoms with Gasteiger partial charge in [0.1, 0.15) is 5.97 Å². The van der Waals surface area contributed by atoms with Crippen LogP contribution in [-0.2, 0) is 4.79 Å². The maximum atomic E-state index is 11.5. The minimum atomic E-state index is -3.89. The van der Waals surface area contributed by atoms with Gasteiger partial charge in [0.25, 0.3) is 0 Å². The molecule has 0 aliphatic heterocycles. The second kappa shape index (κ2) is 1.90. The van der Waals surface area contributed by atoms with E-state index in [4.69, 9.17) is 0 Å². The summed E-state index contributed by atoms with van der Waals surface area (Å²) in [7, 11) is 0. The first-order valence-electron chi connectivity index (χ1n) is 1.73. The zero-order valence-electron chi connectivity index (χ0n) is 3.86. The van der Waals surface area contributed by atoms with Gasteiger partial charge in [-0.05, 0) is 6.08 Å². The lowest BCUT2D eigenvalue weighted by atomic mass is 10.3. The number of halogens is 2. The summed E-state index contributed by atoms with van der Waals surface area (Å²) in [5.41, 5.74) is 0. The number of hydrogen-bond donors (Lipinski definition) is 0. The Labute approximate surface area is 44.4 Å². The lowest BCUT2D eigenvalue weighted by molar-refractivity contribution is -0.324. The molecule has 0 aliphatic rings. The summed E-state index contributed by atoms with van der Waals surface area (Å²) in [6.07, 6.45) is 0.0162. The SMILES string of the molecule is C=CC(F)(F)C(=O)[O-]. The van der Waals surface area contributed by atoms with Gasteiger partial charge in [-0.1, -0.05) is 6.58 Å². The quantitative estimate of drug-likeness (QED) is 0.464. The Balaban J connectivity index is 4.12. The molecule has 0 N–H and O–H groups in total. The van der Waals surface area contributed by atoms with Crippen LogP contribution in [0.5, 0.6) is 0 Å². The van der Waals surface area contributed by atoms with Crippen LogP contribution in [0.25, 0.3) is 0 Å². The van der Waals surface area contributed by atoms with Gasteiger partial charge in [-0.3, -0.25) is 0 Å². The molecule has 0 aromatic carbocycles. The largest absolute Gasteiger partial charge is 0.544 e. The van der Waals surface area contributed by atoms with Crippen LogP contribution < -0.4 is 5.11 Å². The first-order chi connectivity index (χ1) is 3.50. The number of carboxylic acids is 1. The van der Waals surface area contributed by atoms with Crippen LogP contribution >= 0.6 is 0 Å². The molecule has 2 nitrogen and oxygen atoms in total. The smallest absolute Gasteiger partial charge is 0.305 e. The number of alkyl halides is 2. The summed E-state index contributed by atoms with van der Waals surface area (Å²) >= 11 is 0. The fourth-order valence-corrected chi connectivity index (χ4v) is 0.0833. The molecule has 0 unspecified atom stereocenters. The van der Waals surface area contributed by atoms with Crippen molar-refractivity contribution in [1.82, 2.24) is 0 Å². The molecule has 0 radical (unpaired) electrons. The molecule has 4 heteroatoms. The van der Waals surface area contributed by atoms with Gasteiger partial charge in [0.15, 0.2) is 0 Å². The summed E-state index contributed by atoms with van der Waals surface area (Å²) in [5, 5.41) is 9.32. The van der Waals surface area contributed by atoms with Crippen LogP contribution in [-0.4, -0.2) is 11.9 Å². The predicted molar refractivity (Wildman–Crippen MR) is 20.2 cm³/mol. The van der Waals surface area contributed by atoms with Gasteiger partial charge in [-0.15, -0.1) is 0 Å². The van der Waals surface area contributed by atoms with Crippen molar-refractivity contribution >= 4 is 5.97 Å². The van der Waals surface area contributed by atoms with E-state index in [0.29, 0.717) is 0 Å². The average Bonchev–Trinajstić information content (AvgIpc) is 1.67. The lowest BCUT2D eigenvalue weighted by Gasteiger charge is -2.10. The van der Waals surface area contributed by atoms with Gasteiger partial charge in [0.2, 0.25) is 0 Å². The normalized spacial score (nSPS) is 10.8. The molecule has 8 heavy (non-hydrogen) atoms. The van der Waals surface area contributed by atoms with Crippen molar-refractivity contribution in [3.8, 4) is 0 Å². The Morgan fingerprint density at radius 3 is 2.12 bits per heavy atom. The summed E-state index contributed by atoms with van der Waals surface area (Å²) in [6.45, 7) is 2.58. The predicted octanol–water partition coefficient (Wildman–Crippen LogP) is -0.442. The van der Waals surface area contributed by atoms with Gasteiger partial charge in [-0.2, -0.15) is 8.78 Å². The third-order valence-electron chi connectivity index (χ3n) is 0.529. The third kappa shape index (κ3) is 1.29. The number of carboxylic acid groups (broad SMARTS) is 1. The number of aliphatic carboxylic acids is 1. The Morgan fingerprint density at radius 1 is 1.75 bits per heavy atom. The maximum Gasteiger partial charge on any atom is 0.305 e. The van der Waals surface area contributed by atoms with E-state index in [1.807, 2.05) is 0 Å². The minimum Gasteiger partial charge on any atom is -0.544 e. The Kier molecular flexibility index (Phi) is 1.68. The number of hydrogen-bond acceptors (Lipinski definition) is 2. The van der Waals surface area contributed by atoms with E-state index < -0.39 is 11.9 Å². The molecule has 0 fully saturated rings. The molecule has 0 spiro atoms. The lowest BCUT2D eigenvalue weighted by Crippen LogP contribution is -2.39. The molecule has 46 valence electrons. The van der Waals surface area contributed by atoms with E-state index in [0.717, 1.165) is 0 Å². The van der Waals surface area contributed by atoms with E-state index in [1.165, 1.54) is 0 Å². The minimum absolute atomic E-state index is 0.0162. The molecule has 0 bridgehead atoms. The zero-order valence-corrected chi connectivity index (χ0v) is 3.86. The van der Waals surface area contributed by atoms with Crippen molar-refractivity contribution in [3.63, 3.8) is 0 Å². The molecule has 0 saturated carbocycles. The van der Waals surface area contributed by atoms with E-state index in [-0.39, 0.29) is 6.08 Å². The van der Waals surface area contributed by atoms with E-state index in [2.05, 4.69) is 6.58 Å². The first-order valence-corrected chi connectivity index (χ1v) is 1.73. The van der Waals surface area contributed by atoms with Crippen molar-refractivity contribution in [2.45, 2.75) is 5.92 Å². The highest BCUT2D eigenvalue weighted by Gasteiger charge is 2.25. The van der Waals surface area contributed by atoms with Crippen LogP contribution in [0.2, 0.25) is 0 Å². The molecule has 0 saturated heterocycles. The molecule has 0 amide bonds. The molecule has 0 rings (SSSR count). The van der Waals surface area contributed by atoms with Crippen molar-refractivity contribution in [3.05, 3.63) is 12.7 Å². The summed E-state index contributed by atoms with van der Waals surface area (Å²) in [5.74, 6) is -6.31. The monoisotopic (exact) mass is 121 g/mol. The van der Waals surface area contributed by atoms with Crippen LogP contribution in [0.15, 0.2) is 12.7 Å². The Morgan fingerprint density at radius 2 is 2.12 bits per heavy atom. The molecule has 0 atom stereocenters. The van der Waals surface area contributed by atoms with Crippen LogP contribution in [0.1, 0.15) is 0 Å². The molecular weight excluding hydrogens is 118 g/mol. The van der Waals surface area contributed by atoms with Gasteiger partial charge >= 0.3 is 5.92 Å². The standard InChI is InChI=1S/C4H4F2O2/c1-2-4(5,6)3(7)8/h2H,1H2,(H,7,8)/p-1. The van der Waals surface area contributed by atoms with Crippen molar-refractivity contribution < 1.29 is 18.7 Å². The Hall–Kier alpha value is -0.930. The van der Waals surface area contributed by atoms with Crippen LogP contribution in [0, 0.1) is 0 Å². The molecule has 0 aromatic heterocycles. The summed E-state index contributed by atoms with van der Waals surface area (Å²) in [4.78, 5) is 9.32. The second-order valence-corrected chi connectivity index (χ2v) is 1.11. The molecule has 0 aromatic rings. The highest BCUT2D eigenvalue weighted by Crippen LogP contribution is 2.11. The number of carbonyl (C=O) groups is 1.